The third-order valence-corrected chi connectivity index (χ3v) is 3.68. The molecular weight excluding hydrogens is 328 g/mol. The Balaban J connectivity index is 2.26. The summed E-state index contributed by atoms with van der Waals surface area (Å²) in [6.07, 6.45) is 4.60. The van der Waals surface area contributed by atoms with E-state index in [9.17, 15) is 0 Å². The van der Waals surface area contributed by atoms with Crippen molar-refractivity contribution in [1.82, 2.24) is 10.3 Å². The number of para-hydroxylation sites is 1. The molecule has 21 heavy (non-hydrogen) atoms. The highest BCUT2D eigenvalue weighted by Crippen LogP contribution is 2.28. The molecule has 1 aromatic carbocycles. The van der Waals surface area contributed by atoms with E-state index in [0.29, 0.717) is 6.61 Å². The van der Waals surface area contributed by atoms with Crippen LogP contribution in [0.25, 0.3) is 0 Å². The summed E-state index contributed by atoms with van der Waals surface area (Å²) in [6, 6.07) is 10.6. The predicted molar refractivity (Wildman–Crippen MR) is 89.7 cm³/mol. The normalized spacial score (nSPS) is 12.1. The second-order valence-corrected chi connectivity index (χ2v) is 5.71. The van der Waals surface area contributed by atoms with Gasteiger partial charge in [-0.05, 0) is 53.5 Å². The van der Waals surface area contributed by atoms with E-state index in [4.69, 9.17) is 4.74 Å². The third kappa shape index (κ3) is 4.55. The molecule has 1 aromatic heterocycles. The van der Waals surface area contributed by atoms with Gasteiger partial charge in [-0.25, -0.2) is 0 Å². The second kappa shape index (κ2) is 8.15. The fraction of sp³-hybridized carbons (Fsp3) is 0.353. The number of nitrogens with zero attached hydrogens (tertiary/aromatic N) is 1. The Kier molecular flexibility index (Phi) is 6.21. The molecular formula is C17H21BrN2O. The molecule has 0 aliphatic rings. The summed E-state index contributed by atoms with van der Waals surface area (Å²) in [5, 5.41) is 3.54. The van der Waals surface area contributed by atoms with Crippen LogP contribution in [0.4, 0.5) is 0 Å². The molecule has 0 fully saturated rings. The number of aromatic nitrogens is 1. The van der Waals surface area contributed by atoms with Crippen LogP contribution >= 0.6 is 15.9 Å². The molecule has 1 atom stereocenters. The number of rotatable bonds is 7. The lowest BCUT2D eigenvalue weighted by Gasteiger charge is -2.21. The number of pyridine rings is 1. The molecule has 1 heterocycles. The second-order valence-electron chi connectivity index (χ2n) is 4.80. The summed E-state index contributed by atoms with van der Waals surface area (Å²) < 4.78 is 6.77. The maximum atomic E-state index is 5.76. The lowest BCUT2D eigenvalue weighted by atomic mass is 9.99. The van der Waals surface area contributed by atoms with Gasteiger partial charge >= 0.3 is 0 Å². The van der Waals surface area contributed by atoms with E-state index in [-0.39, 0.29) is 6.04 Å². The standard InChI is InChI=1S/C17H21BrN2O/c1-3-20-16(10-13-9-14(18)12-19-11-13)15-7-5-6-8-17(15)21-4-2/h5-9,11-12,16,20H,3-4,10H2,1-2H3. The number of hydrogen-bond donors (Lipinski definition) is 1. The molecule has 2 rings (SSSR count). The van der Waals surface area contributed by atoms with Gasteiger partial charge in [0.15, 0.2) is 0 Å². The van der Waals surface area contributed by atoms with Crippen molar-refractivity contribution in [1.29, 1.82) is 0 Å². The van der Waals surface area contributed by atoms with E-state index in [1.165, 1.54) is 11.1 Å². The van der Waals surface area contributed by atoms with Gasteiger partial charge in [0.1, 0.15) is 5.75 Å². The van der Waals surface area contributed by atoms with Gasteiger partial charge in [-0.2, -0.15) is 0 Å². The van der Waals surface area contributed by atoms with Crippen molar-refractivity contribution in [3.63, 3.8) is 0 Å². The van der Waals surface area contributed by atoms with Gasteiger partial charge in [-0.3, -0.25) is 4.98 Å². The lowest BCUT2D eigenvalue weighted by molar-refractivity contribution is 0.331. The zero-order chi connectivity index (χ0) is 15.1. The van der Waals surface area contributed by atoms with Crippen LogP contribution < -0.4 is 10.1 Å². The summed E-state index contributed by atoms with van der Waals surface area (Å²) in [6.45, 7) is 5.72. The molecule has 0 aliphatic carbocycles. The quantitative estimate of drug-likeness (QED) is 0.816. The molecule has 2 aromatic rings. The minimum absolute atomic E-state index is 0.217. The van der Waals surface area contributed by atoms with Crippen molar-refractivity contribution in [2.24, 2.45) is 0 Å². The van der Waals surface area contributed by atoms with Crippen molar-refractivity contribution < 1.29 is 4.74 Å². The first kappa shape index (κ1) is 16.0. The minimum atomic E-state index is 0.217. The van der Waals surface area contributed by atoms with Gasteiger partial charge in [0, 0.05) is 28.5 Å². The van der Waals surface area contributed by atoms with Crippen molar-refractivity contribution in [2.45, 2.75) is 26.3 Å². The van der Waals surface area contributed by atoms with Gasteiger partial charge in [-0.1, -0.05) is 25.1 Å². The molecule has 0 radical (unpaired) electrons. The Morgan fingerprint density at radius 2 is 2.05 bits per heavy atom. The lowest BCUT2D eigenvalue weighted by Crippen LogP contribution is -2.23. The van der Waals surface area contributed by atoms with E-state index in [1.54, 1.807) is 6.20 Å². The number of ether oxygens (including phenoxy) is 1. The zero-order valence-corrected chi connectivity index (χ0v) is 14.1. The Bertz CT molecular complexity index is 574. The molecule has 0 saturated carbocycles. The fourth-order valence-corrected chi connectivity index (χ4v) is 2.81. The van der Waals surface area contributed by atoms with Crippen LogP contribution in [0.5, 0.6) is 5.75 Å². The Morgan fingerprint density at radius 1 is 1.24 bits per heavy atom. The summed E-state index contributed by atoms with van der Waals surface area (Å²) in [7, 11) is 0. The van der Waals surface area contributed by atoms with Gasteiger partial charge in [0.25, 0.3) is 0 Å². The highest BCUT2D eigenvalue weighted by molar-refractivity contribution is 9.10. The Labute approximate surface area is 134 Å². The molecule has 3 nitrogen and oxygen atoms in total. The molecule has 0 spiro atoms. The van der Waals surface area contributed by atoms with E-state index >= 15 is 0 Å². The highest BCUT2D eigenvalue weighted by atomic mass is 79.9. The molecule has 0 aliphatic heterocycles. The molecule has 0 bridgehead atoms. The van der Waals surface area contributed by atoms with E-state index in [1.807, 2.05) is 25.3 Å². The summed E-state index contributed by atoms with van der Waals surface area (Å²) in [5.41, 5.74) is 2.39. The van der Waals surface area contributed by atoms with Crippen LogP contribution in [0.15, 0.2) is 47.2 Å². The monoisotopic (exact) mass is 348 g/mol. The molecule has 4 heteroatoms. The number of benzene rings is 1. The average Bonchev–Trinajstić information content (AvgIpc) is 2.48. The molecule has 1 unspecified atom stereocenters. The first-order valence-electron chi connectivity index (χ1n) is 7.29. The number of hydrogen-bond acceptors (Lipinski definition) is 3. The molecule has 0 amide bonds. The van der Waals surface area contributed by atoms with Crippen molar-refractivity contribution in [3.8, 4) is 5.75 Å². The Hall–Kier alpha value is -1.39. The number of halogens is 1. The highest BCUT2D eigenvalue weighted by Gasteiger charge is 2.16. The first-order chi connectivity index (χ1) is 10.2. The summed E-state index contributed by atoms with van der Waals surface area (Å²) in [5.74, 6) is 0.953. The minimum Gasteiger partial charge on any atom is -0.494 e. The van der Waals surface area contributed by atoms with Gasteiger partial charge < -0.3 is 10.1 Å². The van der Waals surface area contributed by atoms with Crippen LogP contribution in [-0.2, 0) is 6.42 Å². The third-order valence-electron chi connectivity index (χ3n) is 3.25. The van der Waals surface area contributed by atoms with Gasteiger partial charge in [0.2, 0.25) is 0 Å². The van der Waals surface area contributed by atoms with Crippen molar-refractivity contribution >= 4 is 15.9 Å². The van der Waals surface area contributed by atoms with Crippen LogP contribution in [0.1, 0.15) is 31.0 Å². The maximum Gasteiger partial charge on any atom is 0.124 e. The van der Waals surface area contributed by atoms with E-state index < -0.39 is 0 Å². The molecule has 112 valence electrons. The van der Waals surface area contributed by atoms with E-state index in [2.05, 4.69) is 51.4 Å². The first-order valence-corrected chi connectivity index (χ1v) is 8.08. The van der Waals surface area contributed by atoms with Crippen LogP contribution in [0.3, 0.4) is 0 Å². The largest absolute Gasteiger partial charge is 0.494 e. The van der Waals surface area contributed by atoms with Crippen LogP contribution in [0, 0.1) is 0 Å². The van der Waals surface area contributed by atoms with Gasteiger partial charge in [-0.15, -0.1) is 0 Å². The SMILES string of the molecule is CCNC(Cc1cncc(Br)c1)c1ccccc1OCC. The van der Waals surface area contributed by atoms with Crippen molar-refractivity contribution in [3.05, 3.63) is 58.3 Å². The molecule has 0 saturated heterocycles. The van der Waals surface area contributed by atoms with Gasteiger partial charge in [0.05, 0.1) is 6.61 Å². The van der Waals surface area contributed by atoms with Crippen LogP contribution in [0.2, 0.25) is 0 Å². The zero-order valence-electron chi connectivity index (χ0n) is 12.5. The molecule has 1 N–H and O–H groups in total. The van der Waals surface area contributed by atoms with Crippen molar-refractivity contribution in [2.75, 3.05) is 13.2 Å². The van der Waals surface area contributed by atoms with E-state index in [0.717, 1.165) is 23.2 Å². The number of nitrogens with one attached hydrogen (secondary N) is 1. The smallest absolute Gasteiger partial charge is 0.124 e. The van der Waals surface area contributed by atoms with Crippen LogP contribution in [-0.4, -0.2) is 18.1 Å². The summed E-state index contributed by atoms with van der Waals surface area (Å²) >= 11 is 3.48. The average molecular weight is 349 g/mol. The fourth-order valence-electron chi connectivity index (χ4n) is 2.40. The maximum absolute atomic E-state index is 5.76. The summed E-state index contributed by atoms with van der Waals surface area (Å²) in [4.78, 5) is 4.24. The topological polar surface area (TPSA) is 34.2 Å². The number of likely N-dealkylation sites (N-methyl/N-ethyl adjacent to an activating group) is 1. The predicted octanol–water partition coefficient (Wildman–Crippen LogP) is 4.14. The Morgan fingerprint density at radius 3 is 2.76 bits per heavy atom.